The Morgan fingerprint density at radius 1 is 1.14 bits per heavy atom. The number of nitrogen functional groups attached to an aromatic ring is 1. The molecule has 0 unspecified atom stereocenters. The number of aromatic nitrogens is 2. The third kappa shape index (κ3) is 1.64. The van der Waals surface area contributed by atoms with Crippen molar-refractivity contribution in [1.29, 1.82) is 0 Å². The van der Waals surface area contributed by atoms with Crippen molar-refractivity contribution in [2.45, 2.75) is 0 Å². The lowest BCUT2D eigenvalue weighted by molar-refractivity contribution is 1.25. The highest BCUT2D eigenvalue weighted by atomic mass is 16.1. The first-order chi connectivity index (χ1) is 6.75. The second kappa shape index (κ2) is 3.33. The van der Waals surface area contributed by atoms with Crippen LogP contribution in [0.15, 0.2) is 41.5 Å². The predicted octanol–water partition coefficient (Wildman–Crippen LogP) is 1.02. The third-order valence-electron chi connectivity index (χ3n) is 1.88. The summed E-state index contributed by atoms with van der Waals surface area (Å²) < 4.78 is 0. The molecule has 0 saturated heterocycles. The molecule has 4 nitrogen and oxygen atoms in total. The summed E-state index contributed by atoms with van der Waals surface area (Å²) in [5.74, 6) is 0.365. The van der Waals surface area contributed by atoms with Crippen molar-refractivity contribution >= 4 is 5.82 Å². The lowest BCUT2D eigenvalue weighted by Crippen LogP contribution is -2.07. The zero-order chi connectivity index (χ0) is 9.97. The molecular formula is C10H9N3O. The molecule has 0 aromatic carbocycles. The summed E-state index contributed by atoms with van der Waals surface area (Å²) in [5.41, 5.74) is 7.06. The highest BCUT2D eigenvalue weighted by molar-refractivity contribution is 5.64. The van der Waals surface area contributed by atoms with Crippen LogP contribution in [0, 0.1) is 0 Å². The normalized spacial score (nSPS) is 10.0. The van der Waals surface area contributed by atoms with Crippen LogP contribution in [0.2, 0.25) is 0 Å². The SMILES string of the molecule is Nc1cc(-c2ccncc2)cc(=O)[nH]1. The van der Waals surface area contributed by atoms with E-state index in [-0.39, 0.29) is 5.56 Å². The molecule has 0 aliphatic heterocycles. The summed E-state index contributed by atoms with van der Waals surface area (Å²) in [6, 6.07) is 6.88. The summed E-state index contributed by atoms with van der Waals surface area (Å²) in [5, 5.41) is 0. The van der Waals surface area contributed by atoms with E-state index in [0.717, 1.165) is 11.1 Å². The number of hydrogen-bond donors (Lipinski definition) is 2. The lowest BCUT2D eigenvalue weighted by Gasteiger charge is -2.00. The number of nitrogens with zero attached hydrogens (tertiary/aromatic N) is 1. The molecule has 14 heavy (non-hydrogen) atoms. The first kappa shape index (κ1) is 8.50. The van der Waals surface area contributed by atoms with Gasteiger partial charge < -0.3 is 10.7 Å². The van der Waals surface area contributed by atoms with Gasteiger partial charge in [0.15, 0.2) is 0 Å². The Bertz CT molecular complexity index is 490. The van der Waals surface area contributed by atoms with Crippen LogP contribution < -0.4 is 11.3 Å². The Labute approximate surface area is 80.4 Å². The molecule has 2 aromatic heterocycles. The van der Waals surface area contributed by atoms with Crippen molar-refractivity contribution in [2.24, 2.45) is 0 Å². The highest BCUT2D eigenvalue weighted by Crippen LogP contribution is 2.16. The van der Waals surface area contributed by atoms with Gasteiger partial charge in [0.2, 0.25) is 5.56 Å². The number of hydrogen-bond acceptors (Lipinski definition) is 3. The number of H-pyrrole nitrogens is 1. The Kier molecular flexibility index (Phi) is 2.02. The van der Waals surface area contributed by atoms with Gasteiger partial charge in [-0.05, 0) is 29.3 Å². The summed E-state index contributed by atoms with van der Waals surface area (Å²) in [6.45, 7) is 0. The van der Waals surface area contributed by atoms with Crippen LogP contribution >= 0.6 is 0 Å². The average molecular weight is 187 g/mol. The largest absolute Gasteiger partial charge is 0.385 e. The van der Waals surface area contributed by atoms with Crippen LogP contribution in [0.3, 0.4) is 0 Å². The first-order valence-corrected chi connectivity index (χ1v) is 4.16. The van der Waals surface area contributed by atoms with Gasteiger partial charge in [-0.1, -0.05) is 0 Å². The molecule has 4 heteroatoms. The summed E-state index contributed by atoms with van der Waals surface area (Å²) >= 11 is 0. The minimum atomic E-state index is -0.197. The Balaban J connectivity index is 2.58. The lowest BCUT2D eigenvalue weighted by atomic mass is 10.1. The Hall–Kier alpha value is -2.10. The zero-order valence-corrected chi connectivity index (χ0v) is 7.40. The van der Waals surface area contributed by atoms with E-state index in [1.807, 2.05) is 12.1 Å². The van der Waals surface area contributed by atoms with Crippen LogP contribution in [0.1, 0.15) is 0 Å². The van der Waals surface area contributed by atoms with Crippen LogP contribution in [-0.2, 0) is 0 Å². The molecule has 0 aliphatic carbocycles. The highest BCUT2D eigenvalue weighted by Gasteiger charge is 1.98. The fourth-order valence-corrected chi connectivity index (χ4v) is 1.28. The molecule has 0 bridgehead atoms. The quantitative estimate of drug-likeness (QED) is 0.700. The van der Waals surface area contributed by atoms with Crippen LogP contribution in [-0.4, -0.2) is 9.97 Å². The maximum atomic E-state index is 11.1. The molecule has 0 amide bonds. The fourth-order valence-electron chi connectivity index (χ4n) is 1.28. The second-order valence-electron chi connectivity index (χ2n) is 2.92. The van der Waals surface area contributed by atoms with Crippen molar-refractivity contribution in [3.05, 3.63) is 47.0 Å². The molecule has 0 atom stereocenters. The van der Waals surface area contributed by atoms with Gasteiger partial charge in [-0.15, -0.1) is 0 Å². The van der Waals surface area contributed by atoms with Crippen molar-refractivity contribution in [3.8, 4) is 11.1 Å². The number of rotatable bonds is 1. The molecule has 0 fully saturated rings. The maximum Gasteiger partial charge on any atom is 0.250 e. The maximum absolute atomic E-state index is 11.1. The molecular weight excluding hydrogens is 178 g/mol. The molecule has 0 aliphatic rings. The van der Waals surface area contributed by atoms with Gasteiger partial charge in [-0.3, -0.25) is 9.78 Å². The number of aromatic amines is 1. The summed E-state index contributed by atoms with van der Waals surface area (Å²) in [6.07, 6.45) is 3.35. The van der Waals surface area contributed by atoms with Gasteiger partial charge in [0.25, 0.3) is 0 Å². The van der Waals surface area contributed by atoms with E-state index < -0.39 is 0 Å². The van der Waals surface area contributed by atoms with E-state index in [9.17, 15) is 4.79 Å². The van der Waals surface area contributed by atoms with E-state index in [0.29, 0.717) is 5.82 Å². The molecule has 2 rings (SSSR count). The van der Waals surface area contributed by atoms with Gasteiger partial charge in [-0.2, -0.15) is 0 Å². The van der Waals surface area contributed by atoms with Crippen molar-refractivity contribution in [3.63, 3.8) is 0 Å². The van der Waals surface area contributed by atoms with Gasteiger partial charge in [-0.25, -0.2) is 0 Å². The smallest absolute Gasteiger partial charge is 0.250 e. The van der Waals surface area contributed by atoms with Crippen molar-refractivity contribution in [1.82, 2.24) is 9.97 Å². The van der Waals surface area contributed by atoms with Gasteiger partial charge in [0, 0.05) is 18.5 Å². The minimum Gasteiger partial charge on any atom is -0.385 e. The predicted molar refractivity (Wildman–Crippen MR) is 54.7 cm³/mol. The summed E-state index contributed by atoms with van der Waals surface area (Å²) in [4.78, 5) is 17.5. The molecule has 0 saturated carbocycles. The standard InChI is InChI=1S/C10H9N3O/c11-9-5-8(6-10(14)13-9)7-1-3-12-4-2-7/h1-6H,(H3,11,13,14). The number of anilines is 1. The van der Waals surface area contributed by atoms with Crippen LogP contribution in [0.5, 0.6) is 0 Å². The summed E-state index contributed by atoms with van der Waals surface area (Å²) in [7, 11) is 0. The van der Waals surface area contributed by atoms with E-state index in [1.165, 1.54) is 6.07 Å². The van der Waals surface area contributed by atoms with Crippen molar-refractivity contribution in [2.75, 3.05) is 5.73 Å². The first-order valence-electron chi connectivity index (χ1n) is 4.16. The monoisotopic (exact) mass is 187 g/mol. The average Bonchev–Trinajstić information content (AvgIpc) is 2.18. The Morgan fingerprint density at radius 3 is 2.50 bits per heavy atom. The number of pyridine rings is 2. The number of nitrogens with two attached hydrogens (primary N) is 1. The number of nitrogens with one attached hydrogen (secondary N) is 1. The van der Waals surface area contributed by atoms with Crippen LogP contribution in [0.4, 0.5) is 5.82 Å². The van der Waals surface area contributed by atoms with E-state index >= 15 is 0 Å². The molecule has 2 aromatic rings. The third-order valence-corrected chi connectivity index (χ3v) is 1.88. The van der Waals surface area contributed by atoms with Crippen LogP contribution in [0.25, 0.3) is 11.1 Å². The molecule has 0 spiro atoms. The zero-order valence-electron chi connectivity index (χ0n) is 7.40. The van der Waals surface area contributed by atoms with E-state index in [4.69, 9.17) is 5.73 Å². The van der Waals surface area contributed by atoms with Crippen molar-refractivity contribution < 1.29 is 0 Å². The second-order valence-corrected chi connectivity index (χ2v) is 2.92. The fraction of sp³-hybridized carbons (Fsp3) is 0. The molecule has 0 radical (unpaired) electrons. The van der Waals surface area contributed by atoms with E-state index in [1.54, 1.807) is 18.5 Å². The molecule has 2 heterocycles. The Morgan fingerprint density at radius 2 is 1.86 bits per heavy atom. The topological polar surface area (TPSA) is 71.8 Å². The van der Waals surface area contributed by atoms with Gasteiger partial charge in [0.1, 0.15) is 5.82 Å². The van der Waals surface area contributed by atoms with Gasteiger partial charge >= 0.3 is 0 Å². The molecule has 70 valence electrons. The van der Waals surface area contributed by atoms with E-state index in [2.05, 4.69) is 9.97 Å². The minimum absolute atomic E-state index is 0.197. The molecule has 3 N–H and O–H groups in total. The van der Waals surface area contributed by atoms with Gasteiger partial charge in [0.05, 0.1) is 0 Å².